The van der Waals surface area contributed by atoms with Gasteiger partial charge in [-0.15, -0.1) is 0 Å². The third-order valence-electron chi connectivity index (χ3n) is 0.551. The fourth-order valence-corrected chi connectivity index (χ4v) is 0.104. The minimum Gasteiger partial charge on any atom is -0.393 e. The van der Waals surface area contributed by atoms with Crippen molar-refractivity contribution in [3.8, 4) is 0 Å². The van der Waals surface area contributed by atoms with Crippen LogP contribution in [0.15, 0.2) is 0 Å². The maximum atomic E-state index is 11.0. The lowest BCUT2D eigenvalue weighted by atomic mass is 10.4. The molecule has 2 nitrogen and oxygen atoms in total. The molecule has 2 N–H and O–H groups in total. The van der Waals surface area contributed by atoms with E-state index in [1.54, 1.807) is 0 Å². The standard InChI is InChI=1S/C3H5F3O2/c4-3(5,6)2(8)1-7/h2,7-8H,1H2/t2-/m0/s1. The van der Waals surface area contributed by atoms with Crippen LogP contribution in [0.25, 0.3) is 0 Å². The molecule has 50 valence electrons. The second-order valence-corrected chi connectivity index (χ2v) is 1.24. The zero-order chi connectivity index (χ0) is 6.78. The Morgan fingerprint density at radius 3 is 1.75 bits per heavy atom. The van der Waals surface area contributed by atoms with Gasteiger partial charge in [0.25, 0.3) is 0 Å². The van der Waals surface area contributed by atoms with E-state index in [1.165, 1.54) is 0 Å². The Morgan fingerprint density at radius 2 is 1.75 bits per heavy atom. The summed E-state index contributed by atoms with van der Waals surface area (Å²) < 4.78 is 33.1. The van der Waals surface area contributed by atoms with Crippen LogP contribution in [0.2, 0.25) is 0 Å². The fraction of sp³-hybridized carbons (Fsp3) is 1.00. The fourth-order valence-electron chi connectivity index (χ4n) is 0.104. The lowest BCUT2D eigenvalue weighted by molar-refractivity contribution is -0.212. The van der Waals surface area contributed by atoms with Crippen molar-refractivity contribution < 1.29 is 23.4 Å². The summed E-state index contributed by atoms with van der Waals surface area (Å²) in [5, 5.41) is 15.5. The molecule has 0 aromatic carbocycles. The first-order valence-electron chi connectivity index (χ1n) is 1.84. The molecule has 0 spiro atoms. The average molecular weight is 130 g/mol. The molecular formula is C3H5F3O2. The number of hydrogen-bond acceptors (Lipinski definition) is 2. The summed E-state index contributed by atoms with van der Waals surface area (Å²) in [4.78, 5) is 0. The second kappa shape index (κ2) is 2.32. The molecule has 0 aliphatic heterocycles. The SMILES string of the molecule is OC[C@H](O)C(F)(F)F. The number of alkyl halides is 3. The van der Waals surface area contributed by atoms with Crippen molar-refractivity contribution in [2.75, 3.05) is 6.61 Å². The van der Waals surface area contributed by atoms with Crippen molar-refractivity contribution in [1.29, 1.82) is 0 Å². The molecule has 0 bridgehead atoms. The van der Waals surface area contributed by atoms with Gasteiger partial charge in [0.05, 0.1) is 6.61 Å². The topological polar surface area (TPSA) is 40.5 Å². The number of rotatable bonds is 1. The summed E-state index contributed by atoms with van der Waals surface area (Å²) in [5.41, 5.74) is 0. The average Bonchev–Trinajstić information content (AvgIpc) is 1.62. The molecule has 0 amide bonds. The van der Waals surface area contributed by atoms with Crippen molar-refractivity contribution in [3.05, 3.63) is 0 Å². The number of aliphatic hydroxyl groups excluding tert-OH is 2. The van der Waals surface area contributed by atoms with Gasteiger partial charge in [-0.25, -0.2) is 0 Å². The molecule has 0 saturated heterocycles. The second-order valence-electron chi connectivity index (χ2n) is 1.24. The molecule has 0 radical (unpaired) electrons. The van der Waals surface area contributed by atoms with E-state index in [0.29, 0.717) is 0 Å². The van der Waals surface area contributed by atoms with Crippen LogP contribution in [0, 0.1) is 0 Å². The van der Waals surface area contributed by atoms with Crippen molar-refractivity contribution >= 4 is 0 Å². The summed E-state index contributed by atoms with van der Waals surface area (Å²) in [7, 11) is 0. The molecule has 0 heterocycles. The predicted octanol–water partition coefficient (Wildman–Crippen LogP) is -0.0981. The largest absolute Gasteiger partial charge is 0.416 e. The minimum absolute atomic E-state index is 1.27. The lowest BCUT2D eigenvalue weighted by Gasteiger charge is -2.09. The Kier molecular flexibility index (Phi) is 2.24. The highest BCUT2D eigenvalue weighted by Gasteiger charge is 2.37. The number of hydrogen-bond donors (Lipinski definition) is 2. The van der Waals surface area contributed by atoms with Gasteiger partial charge >= 0.3 is 6.18 Å². The molecule has 0 aliphatic carbocycles. The quantitative estimate of drug-likeness (QED) is 0.520. The van der Waals surface area contributed by atoms with Crippen LogP contribution in [-0.4, -0.2) is 29.1 Å². The van der Waals surface area contributed by atoms with Crippen LogP contribution in [0.5, 0.6) is 0 Å². The van der Waals surface area contributed by atoms with Crippen molar-refractivity contribution in [1.82, 2.24) is 0 Å². The van der Waals surface area contributed by atoms with E-state index in [4.69, 9.17) is 10.2 Å². The highest BCUT2D eigenvalue weighted by atomic mass is 19.4. The lowest BCUT2D eigenvalue weighted by Crippen LogP contribution is -2.31. The highest BCUT2D eigenvalue weighted by molar-refractivity contribution is 4.61. The summed E-state index contributed by atoms with van der Waals surface area (Å²) in [6, 6.07) is 0. The van der Waals surface area contributed by atoms with Crippen LogP contribution >= 0.6 is 0 Å². The normalized spacial score (nSPS) is 16.1. The van der Waals surface area contributed by atoms with Crippen LogP contribution in [0.1, 0.15) is 0 Å². The van der Waals surface area contributed by atoms with Crippen molar-refractivity contribution in [2.45, 2.75) is 12.3 Å². The van der Waals surface area contributed by atoms with E-state index in [-0.39, 0.29) is 0 Å². The van der Waals surface area contributed by atoms with Crippen LogP contribution in [0.4, 0.5) is 13.2 Å². The Hall–Kier alpha value is -0.290. The van der Waals surface area contributed by atoms with Crippen LogP contribution in [-0.2, 0) is 0 Å². The van der Waals surface area contributed by atoms with E-state index in [2.05, 4.69) is 0 Å². The van der Waals surface area contributed by atoms with E-state index in [9.17, 15) is 13.2 Å². The van der Waals surface area contributed by atoms with Gasteiger partial charge in [0.1, 0.15) is 0 Å². The van der Waals surface area contributed by atoms with Gasteiger partial charge < -0.3 is 10.2 Å². The van der Waals surface area contributed by atoms with E-state index in [1.807, 2.05) is 0 Å². The molecule has 8 heavy (non-hydrogen) atoms. The zero-order valence-corrected chi connectivity index (χ0v) is 3.81. The van der Waals surface area contributed by atoms with Gasteiger partial charge in [0, 0.05) is 0 Å². The number of halogens is 3. The summed E-state index contributed by atoms with van der Waals surface area (Å²) in [6.07, 6.45) is -7.28. The molecule has 0 aromatic rings. The van der Waals surface area contributed by atoms with Gasteiger partial charge in [0.2, 0.25) is 0 Å². The Labute approximate surface area is 43.6 Å². The first-order valence-corrected chi connectivity index (χ1v) is 1.84. The van der Waals surface area contributed by atoms with Crippen molar-refractivity contribution in [3.63, 3.8) is 0 Å². The zero-order valence-electron chi connectivity index (χ0n) is 3.81. The van der Waals surface area contributed by atoms with Gasteiger partial charge in [-0.3, -0.25) is 0 Å². The van der Waals surface area contributed by atoms with Gasteiger partial charge in [-0.05, 0) is 0 Å². The van der Waals surface area contributed by atoms with Gasteiger partial charge in [-0.1, -0.05) is 0 Å². The summed E-state index contributed by atoms with van der Waals surface area (Å²) in [5.74, 6) is 0. The van der Waals surface area contributed by atoms with E-state index >= 15 is 0 Å². The van der Waals surface area contributed by atoms with Gasteiger partial charge in [-0.2, -0.15) is 13.2 Å². The smallest absolute Gasteiger partial charge is 0.393 e. The molecule has 0 rings (SSSR count). The molecular weight excluding hydrogens is 125 g/mol. The monoisotopic (exact) mass is 130 g/mol. The molecule has 5 heteroatoms. The Balaban J connectivity index is 3.62. The predicted molar refractivity (Wildman–Crippen MR) is 19.1 cm³/mol. The summed E-state index contributed by atoms with van der Waals surface area (Å²) >= 11 is 0. The minimum atomic E-state index is -4.69. The molecule has 0 aromatic heterocycles. The third kappa shape index (κ3) is 2.13. The number of aliphatic hydroxyl groups is 2. The highest BCUT2D eigenvalue weighted by Crippen LogP contribution is 2.18. The van der Waals surface area contributed by atoms with Gasteiger partial charge in [0.15, 0.2) is 6.10 Å². The van der Waals surface area contributed by atoms with E-state index in [0.717, 1.165) is 0 Å². The first-order chi connectivity index (χ1) is 3.48. The van der Waals surface area contributed by atoms with Crippen LogP contribution in [0.3, 0.4) is 0 Å². The molecule has 0 fully saturated rings. The molecule has 1 atom stereocenters. The third-order valence-corrected chi connectivity index (χ3v) is 0.551. The Bertz CT molecular complexity index is 69.4. The molecule has 0 saturated carbocycles. The maximum absolute atomic E-state index is 11.0. The molecule has 0 unspecified atom stereocenters. The van der Waals surface area contributed by atoms with Crippen molar-refractivity contribution in [2.24, 2.45) is 0 Å². The maximum Gasteiger partial charge on any atom is 0.416 e. The van der Waals surface area contributed by atoms with Crippen LogP contribution < -0.4 is 0 Å². The first kappa shape index (κ1) is 7.71. The van der Waals surface area contributed by atoms with E-state index < -0.39 is 18.9 Å². The summed E-state index contributed by atoms with van der Waals surface area (Å²) in [6.45, 7) is -1.27. The Morgan fingerprint density at radius 1 is 1.38 bits per heavy atom. The molecule has 0 aliphatic rings.